The first-order chi connectivity index (χ1) is 9.63. The van der Waals surface area contributed by atoms with Gasteiger partial charge in [0.2, 0.25) is 0 Å². The van der Waals surface area contributed by atoms with Gasteiger partial charge in [0.25, 0.3) is 0 Å². The molecule has 0 amide bonds. The van der Waals surface area contributed by atoms with Gasteiger partial charge in [-0.3, -0.25) is 0 Å². The molecule has 0 atom stereocenters. The van der Waals surface area contributed by atoms with Gasteiger partial charge >= 0.3 is 0 Å². The summed E-state index contributed by atoms with van der Waals surface area (Å²) in [5.74, 6) is 0.828. The first-order valence-electron chi connectivity index (χ1n) is 6.17. The minimum Gasteiger partial charge on any atom is -0.496 e. The zero-order valence-electron chi connectivity index (χ0n) is 11.4. The second kappa shape index (κ2) is 6.44. The van der Waals surface area contributed by atoms with Crippen LogP contribution in [0.4, 0.5) is 5.69 Å². The highest BCUT2D eigenvalue weighted by atomic mass is 79.9. The van der Waals surface area contributed by atoms with Crippen molar-refractivity contribution in [2.24, 2.45) is 0 Å². The number of anilines is 1. The lowest BCUT2D eigenvalue weighted by molar-refractivity contribution is 0.412. The van der Waals surface area contributed by atoms with Gasteiger partial charge in [0.15, 0.2) is 0 Å². The van der Waals surface area contributed by atoms with Crippen molar-refractivity contribution >= 4 is 21.6 Å². The Labute approximate surface area is 127 Å². The van der Waals surface area contributed by atoms with Gasteiger partial charge < -0.3 is 9.64 Å². The number of ether oxygens (including phenoxy) is 1. The molecule has 102 valence electrons. The lowest BCUT2D eigenvalue weighted by Gasteiger charge is -2.20. The first-order valence-corrected chi connectivity index (χ1v) is 6.97. The topological polar surface area (TPSA) is 36.3 Å². The van der Waals surface area contributed by atoms with Crippen LogP contribution in [0.25, 0.3) is 0 Å². The monoisotopic (exact) mass is 330 g/mol. The van der Waals surface area contributed by atoms with Crippen molar-refractivity contribution in [3.05, 3.63) is 58.1 Å². The Morgan fingerprint density at radius 2 is 1.90 bits per heavy atom. The van der Waals surface area contributed by atoms with Gasteiger partial charge in [-0.25, -0.2) is 0 Å². The number of nitrogens with zero attached hydrogens (tertiary/aromatic N) is 2. The molecule has 0 heterocycles. The van der Waals surface area contributed by atoms with Crippen LogP contribution in [0.15, 0.2) is 46.9 Å². The van der Waals surface area contributed by atoms with E-state index in [0.717, 1.165) is 22.5 Å². The molecule has 0 N–H and O–H groups in total. The average molecular weight is 331 g/mol. The fourth-order valence-corrected chi connectivity index (χ4v) is 2.55. The van der Waals surface area contributed by atoms with Crippen LogP contribution in [-0.4, -0.2) is 14.2 Å². The Morgan fingerprint density at radius 1 is 1.20 bits per heavy atom. The number of hydrogen-bond acceptors (Lipinski definition) is 3. The molecule has 0 aromatic heterocycles. The van der Waals surface area contributed by atoms with Crippen molar-refractivity contribution in [2.75, 3.05) is 19.1 Å². The van der Waals surface area contributed by atoms with Gasteiger partial charge in [-0.05, 0) is 57.9 Å². The van der Waals surface area contributed by atoms with Gasteiger partial charge in [-0.15, -0.1) is 0 Å². The van der Waals surface area contributed by atoms with E-state index >= 15 is 0 Å². The van der Waals surface area contributed by atoms with E-state index in [2.05, 4.69) is 33.0 Å². The van der Waals surface area contributed by atoms with Crippen LogP contribution in [0, 0.1) is 11.3 Å². The summed E-state index contributed by atoms with van der Waals surface area (Å²) in [6.07, 6.45) is 0. The van der Waals surface area contributed by atoms with Crippen LogP contribution in [-0.2, 0) is 6.54 Å². The van der Waals surface area contributed by atoms with Gasteiger partial charge in [0, 0.05) is 19.3 Å². The van der Waals surface area contributed by atoms with Crippen molar-refractivity contribution in [2.45, 2.75) is 6.54 Å². The summed E-state index contributed by atoms with van der Waals surface area (Å²) in [5, 5.41) is 8.80. The van der Waals surface area contributed by atoms with E-state index in [-0.39, 0.29) is 0 Å². The molecule has 2 aromatic rings. The third-order valence-electron chi connectivity index (χ3n) is 3.07. The van der Waals surface area contributed by atoms with Crippen LogP contribution in [0.1, 0.15) is 11.1 Å². The second-order valence-electron chi connectivity index (χ2n) is 4.48. The van der Waals surface area contributed by atoms with E-state index in [0.29, 0.717) is 5.56 Å². The zero-order chi connectivity index (χ0) is 14.5. The highest BCUT2D eigenvalue weighted by Gasteiger charge is 2.05. The molecule has 20 heavy (non-hydrogen) atoms. The molecule has 0 aliphatic rings. The van der Waals surface area contributed by atoms with Crippen molar-refractivity contribution in [3.63, 3.8) is 0 Å². The third kappa shape index (κ3) is 3.31. The molecule has 0 bridgehead atoms. The molecule has 2 aromatic carbocycles. The smallest absolute Gasteiger partial charge is 0.133 e. The number of methoxy groups -OCH3 is 1. The van der Waals surface area contributed by atoms with Crippen molar-refractivity contribution < 1.29 is 4.74 Å². The largest absolute Gasteiger partial charge is 0.496 e. The van der Waals surface area contributed by atoms with Gasteiger partial charge in [0.05, 0.1) is 23.2 Å². The quantitative estimate of drug-likeness (QED) is 0.851. The summed E-state index contributed by atoms with van der Waals surface area (Å²) < 4.78 is 6.17. The maximum Gasteiger partial charge on any atom is 0.133 e. The summed E-state index contributed by atoms with van der Waals surface area (Å²) in [5.41, 5.74) is 2.94. The van der Waals surface area contributed by atoms with E-state index < -0.39 is 0 Å². The second-order valence-corrected chi connectivity index (χ2v) is 5.34. The Hall–Kier alpha value is -1.99. The average Bonchev–Trinajstić information content (AvgIpc) is 2.47. The van der Waals surface area contributed by atoms with Crippen LogP contribution in [0.3, 0.4) is 0 Å². The van der Waals surface area contributed by atoms with E-state index in [4.69, 9.17) is 10.00 Å². The van der Waals surface area contributed by atoms with Crippen LogP contribution >= 0.6 is 15.9 Å². The van der Waals surface area contributed by atoms with Gasteiger partial charge in [-0.1, -0.05) is 6.07 Å². The Balaban J connectivity index is 2.12. The minimum atomic E-state index is 0.675. The summed E-state index contributed by atoms with van der Waals surface area (Å²) in [7, 11) is 3.68. The maximum atomic E-state index is 8.80. The molecule has 0 unspecified atom stereocenters. The number of rotatable bonds is 4. The highest BCUT2D eigenvalue weighted by molar-refractivity contribution is 9.10. The molecule has 0 fully saturated rings. The lowest BCUT2D eigenvalue weighted by atomic mass is 10.1. The van der Waals surface area contributed by atoms with Gasteiger partial charge in [0.1, 0.15) is 5.75 Å². The molecule has 0 aliphatic heterocycles. The molecule has 4 heteroatoms. The summed E-state index contributed by atoms with van der Waals surface area (Å²) in [6.45, 7) is 0.786. The van der Waals surface area contributed by atoms with E-state index in [1.807, 2.05) is 43.4 Å². The molecule has 0 saturated carbocycles. The SMILES string of the molecule is COc1ccc(CN(C)c2ccc(C#N)cc2)cc1Br. The van der Waals surface area contributed by atoms with Crippen LogP contribution < -0.4 is 9.64 Å². The lowest BCUT2D eigenvalue weighted by Crippen LogP contribution is -2.16. The predicted octanol–water partition coefficient (Wildman–Crippen LogP) is 3.97. The first kappa shape index (κ1) is 14.4. The summed E-state index contributed by atoms with van der Waals surface area (Å²) >= 11 is 3.49. The van der Waals surface area contributed by atoms with E-state index in [1.165, 1.54) is 5.56 Å². The number of nitriles is 1. The number of hydrogen-bond donors (Lipinski definition) is 0. The van der Waals surface area contributed by atoms with Crippen molar-refractivity contribution in [1.82, 2.24) is 0 Å². The molecule has 0 saturated heterocycles. The minimum absolute atomic E-state index is 0.675. The van der Waals surface area contributed by atoms with Crippen molar-refractivity contribution in [1.29, 1.82) is 5.26 Å². The fraction of sp³-hybridized carbons (Fsp3) is 0.188. The summed E-state index contributed by atoms with van der Waals surface area (Å²) in [6, 6.07) is 15.7. The Morgan fingerprint density at radius 3 is 2.45 bits per heavy atom. The molecule has 2 rings (SSSR count). The molecule has 0 aliphatic carbocycles. The summed E-state index contributed by atoms with van der Waals surface area (Å²) in [4.78, 5) is 2.13. The van der Waals surface area contributed by atoms with E-state index in [9.17, 15) is 0 Å². The molecular weight excluding hydrogens is 316 g/mol. The molecular formula is C16H15BrN2O. The van der Waals surface area contributed by atoms with E-state index in [1.54, 1.807) is 7.11 Å². The number of halogens is 1. The Bertz CT molecular complexity index is 632. The fourth-order valence-electron chi connectivity index (χ4n) is 1.96. The van der Waals surface area contributed by atoms with Crippen molar-refractivity contribution in [3.8, 4) is 11.8 Å². The predicted molar refractivity (Wildman–Crippen MR) is 84.0 cm³/mol. The molecule has 3 nitrogen and oxygen atoms in total. The maximum absolute atomic E-state index is 8.80. The highest BCUT2D eigenvalue weighted by Crippen LogP contribution is 2.26. The number of benzene rings is 2. The van der Waals surface area contributed by atoms with Crippen LogP contribution in [0.2, 0.25) is 0 Å². The Kier molecular flexibility index (Phi) is 4.65. The normalized spacial score (nSPS) is 9.90. The standard InChI is InChI=1S/C16H15BrN2O/c1-19(14-6-3-12(10-18)4-7-14)11-13-5-8-16(20-2)15(17)9-13/h3-9H,11H2,1-2H3. The van der Waals surface area contributed by atoms with Gasteiger partial charge in [-0.2, -0.15) is 5.26 Å². The van der Waals surface area contributed by atoms with Crippen LogP contribution in [0.5, 0.6) is 5.75 Å². The molecule has 0 spiro atoms. The zero-order valence-corrected chi connectivity index (χ0v) is 13.0. The third-order valence-corrected chi connectivity index (χ3v) is 3.69. The molecule has 0 radical (unpaired) electrons.